The zero-order valence-corrected chi connectivity index (χ0v) is 13.7. The van der Waals surface area contributed by atoms with Crippen molar-refractivity contribution >= 4 is 34.2 Å². The molecule has 2 heterocycles. The van der Waals surface area contributed by atoms with Gasteiger partial charge in [0.2, 0.25) is 5.91 Å². The van der Waals surface area contributed by atoms with E-state index in [4.69, 9.17) is 0 Å². The summed E-state index contributed by atoms with van der Waals surface area (Å²) in [6.45, 7) is 3.09. The van der Waals surface area contributed by atoms with Gasteiger partial charge in [-0.15, -0.1) is 12.4 Å². The van der Waals surface area contributed by atoms with E-state index < -0.39 is 0 Å². The molecule has 112 valence electrons. The molecule has 1 fully saturated rings. The fraction of sp³-hybridized carbons (Fsp3) is 0.538. The number of carbonyl (C=O) groups excluding carboxylic acids is 1. The summed E-state index contributed by atoms with van der Waals surface area (Å²) in [5.41, 5.74) is -0.169. The minimum Gasteiger partial charge on any atom is -0.352 e. The second kappa shape index (κ2) is 7.81. The number of aromatic nitrogens is 1. The number of hydrogen-bond acceptors (Lipinski definition) is 3. The van der Waals surface area contributed by atoms with E-state index >= 15 is 0 Å². The Hall–Kier alpha value is -0.850. The van der Waals surface area contributed by atoms with Gasteiger partial charge in [0, 0.05) is 28.8 Å². The smallest absolute Gasteiger partial charge is 0.251 e. The first-order valence-electron chi connectivity index (χ1n) is 6.43. The van der Waals surface area contributed by atoms with Crippen LogP contribution in [0.2, 0.25) is 0 Å². The Labute approximate surface area is 132 Å². The molecule has 1 aromatic rings. The van der Waals surface area contributed by atoms with Crippen LogP contribution in [-0.4, -0.2) is 29.1 Å². The summed E-state index contributed by atoms with van der Waals surface area (Å²) in [5.74, 6) is -0.112. The van der Waals surface area contributed by atoms with E-state index in [2.05, 4.69) is 33.5 Å². The molecule has 0 spiro atoms. The number of piperidine rings is 1. The van der Waals surface area contributed by atoms with Gasteiger partial charge >= 0.3 is 0 Å². The fourth-order valence-corrected chi connectivity index (χ4v) is 2.70. The quantitative estimate of drug-likeness (QED) is 0.849. The van der Waals surface area contributed by atoms with E-state index in [1.54, 1.807) is 12.3 Å². The van der Waals surface area contributed by atoms with E-state index in [1.807, 2.05) is 0 Å². The minimum absolute atomic E-state index is 0. The number of hydrogen-bond donors (Lipinski definition) is 2. The van der Waals surface area contributed by atoms with Crippen LogP contribution in [0.5, 0.6) is 0 Å². The second-order valence-electron chi connectivity index (χ2n) is 4.96. The SMILES string of the molecule is CC1CC(NC(=O)Cn2cc(Br)ccc2=O)CCN1.Cl. The molecule has 0 aromatic carbocycles. The summed E-state index contributed by atoms with van der Waals surface area (Å²) < 4.78 is 2.19. The normalized spacial score (nSPS) is 21.9. The Balaban J connectivity index is 0.00000200. The molecular weight excluding hydrogens is 346 g/mol. The molecule has 2 rings (SSSR count). The van der Waals surface area contributed by atoms with Crippen LogP contribution < -0.4 is 16.2 Å². The molecule has 2 atom stereocenters. The van der Waals surface area contributed by atoms with Gasteiger partial charge in [0.05, 0.1) is 0 Å². The molecule has 0 saturated carbocycles. The van der Waals surface area contributed by atoms with Gasteiger partial charge in [-0.25, -0.2) is 0 Å². The van der Waals surface area contributed by atoms with E-state index in [1.165, 1.54) is 10.6 Å². The van der Waals surface area contributed by atoms with Crippen LogP contribution in [-0.2, 0) is 11.3 Å². The molecule has 2 unspecified atom stereocenters. The van der Waals surface area contributed by atoms with Crippen LogP contribution in [0.15, 0.2) is 27.6 Å². The van der Waals surface area contributed by atoms with Gasteiger partial charge in [-0.3, -0.25) is 9.59 Å². The van der Waals surface area contributed by atoms with Crippen LogP contribution in [0, 0.1) is 0 Å². The Bertz CT molecular complexity index is 521. The summed E-state index contributed by atoms with van der Waals surface area (Å²) in [7, 11) is 0. The lowest BCUT2D eigenvalue weighted by Crippen LogP contribution is -2.47. The lowest BCUT2D eigenvalue weighted by molar-refractivity contribution is -0.122. The lowest BCUT2D eigenvalue weighted by Gasteiger charge is -2.28. The highest BCUT2D eigenvalue weighted by Gasteiger charge is 2.19. The van der Waals surface area contributed by atoms with E-state index in [0.29, 0.717) is 6.04 Å². The van der Waals surface area contributed by atoms with Crippen molar-refractivity contribution in [1.82, 2.24) is 15.2 Å². The second-order valence-corrected chi connectivity index (χ2v) is 5.87. The zero-order valence-electron chi connectivity index (χ0n) is 11.3. The lowest BCUT2D eigenvalue weighted by atomic mass is 10.0. The number of carbonyl (C=O) groups is 1. The highest BCUT2D eigenvalue weighted by Crippen LogP contribution is 2.08. The third-order valence-electron chi connectivity index (χ3n) is 3.25. The van der Waals surface area contributed by atoms with Gasteiger partial charge in [0.15, 0.2) is 0 Å². The average Bonchev–Trinajstić information content (AvgIpc) is 2.34. The predicted octanol–water partition coefficient (Wildman–Crippen LogP) is 1.29. The summed E-state index contributed by atoms with van der Waals surface area (Å²) in [6, 6.07) is 3.74. The van der Waals surface area contributed by atoms with Crippen molar-refractivity contribution in [3.05, 3.63) is 33.2 Å². The summed E-state index contributed by atoms with van der Waals surface area (Å²) in [5, 5.41) is 6.33. The largest absolute Gasteiger partial charge is 0.352 e. The number of nitrogens with zero attached hydrogens (tertiary/aromatic N) is 1. The Morgan fingerprint density at radius 3 is 3.00 bits per heavy atom. The molecule has 1 aliphatic rings. The maximum atomic E-state index is 11.9. The summed E-state index contributed by atoms with van der Waals surface area (Å²) in [6.07, 6.45) is 3.50. The highest BCUT2D eigenvalue weighted by atomic mass is 79.9. The van der Waals surface area contributed by atoms with Crippen LogP contribution >= 0.6 is 28.3 Å². The first kappa shape index (κ1) is 17.2. The topological polar surface area (TPSA) is 63.1 Å². The highest BCUT2D eigenvalue weighted by molar-refractivity contribution is 9.10. The summed E-state index contributed by atoms with van der Waals surface area (Å²) >= 11 is 3.29. The average molecular weight is 365 g/mol. The van der Waals surface area contributed by atoms with Crippen molar-refractivity contribution in [3.8, 4) is 0 Å². The summed E-state index contributed by atoms with van der Waals surface area (Å²) in [4.78, 5) is 23.5. The molecular formula is C13H19BrClN3O2. The maximum Gasteiger partial charge on any atom is 0.251 e. The van der Waals surface area contributed by atoms with Gasteiger partial charge in [-0.1, -0.05) is 0 Å². The number of halogens is 2. The third-order valence-corrected chi connectivity index (χ3v) is 3.72. The first-order valence-corrected chi connectivity index (χ1v) is 7.22. The number of pyridine rings is 1. The van der Waals surface area contributed by atoms with E-state index in [0.717, 1.165) is 23.9 Å². The van der Waals surface area contributed by atoms with Gasteiger partial charge in [0.1, 0.15) is 6.54 Å². The Kier molecular flexibility index (Phi) is 6.71. The zero-order chi connectivity index (χ0) is 13.8. The van der Waals surface area contributed by atoms with Crippen molar-refractivity contribution in [2.24, 2.45) is 0 Å². The molecule has 0 radical (unpaired) electrons. The Morgan fingerprint density at radius 2 is 2.30 bits per heavy atom. The predicted molar refractivity (Wildman–Crippen MR) is 84.3 cm³/mol. The molecule has 0 aliphatic carbocycles. The van der Waals surface area contributed by atoms with Gasteiger partial charge < -0.3 is 15.2 Å². The maximum absolute atomic E-state index is 11.9. The van der Waals surface area contributed by atoms with Crippen molar-refractivity contribution in [2.45, 2.75) is 38.4 Å². The molecule has 0 bridgehead atoms. The van der Waals surface area contributed by atoms with Crippen molar-refractivity contribution in [1.29, 1.82) is 0 Å². The van der Waals surface area contributed by atoms with Crippen molar-refractivity contribution < 1.29 is 4.79 Å². The monoisotopic (exact) mass is 363 g/mol. The van der Waals surface area contributed by atoms with Gasteiger partial charge in [0.25, 0.3) is 5.56 Å². The molecule has 7 heteroatoms. The molecule has 2 N–H and O–H groups in total. The van der Waals surface area contributed by atoms with E-state index in [9.17, 15) is 9.59 Å². The van der Waals surface area contributed by atoms with Gasteiger partial charge in [-0.05, 0) is 48.3 Å². The van der Waals surface area contributed by atoms with E-state index in [-0.39, 0.29) is 36.5 Å². The molecule has 5 nitrogen and oxygen atoms in total. The number of rotatable bonds is 3. The molecule has 1 aliphatic heterocycles. The molecule has 1 amide bonds. The number of nitrogens with one attached hydrogen (secondary N) is 2. The van der Waals surface area contributed by atoms with Crippen molar-refractivity contribution in [3.63, 3.8) is 0 Å². The minimum atomic E-state index is -0.169. The van der Waals surface area contributed by atoms with Crippen LogP contribution in [0.25, 0.3) is 0 Å². The Morgan fingerprint density at radius 1 is 1.55 bits per heavy atom. The van der Waals surface area contributed by atoms with Gasteiger partial charge in [-0.2, -0.15) is 0 Å². The molecule has 1 aromatic heterocycles. The molecule has 1 saturated heterocycles. The van der Waals surface area contributed by atoms with Crippen LogP contribution in [0.3, 0.4) is 0 Å². The number of amides is 1. The standard InChI is InChI=1S/C13H18BrN3O2.ClH/c1-9-6-11(4-5-15-9)16-12(18)8-17-7-10(14)2-3-13(17)19;/h2-3,7,9,11,15H,4-6,8H2,1H3,(H,16,18);1H. The fourth-order valence-electron chi connectivity index (χ4n) is 2.32. The molecule has 20 heavy (non-hydrogen) atoms. The van der Waals surface area contributed by atoms with Crippen molar-refractivity contribution in [2.75, 3.05) is 6.54 Å². The van der Waals surface area contributed by atoms with Crippen LogP contribution in [0.4, 0.5) is 0 Å². The first-order chi connectivity index (χ1) is 9.04. The third kappa shape index (κ3) is 4.92. The van der Waals surface area contributed by atoms with Crippen LogP contribution in [0.1, 0.15) is 19.8 Å².